The van der Waals surface area contributed by atoms with Crippen LogP contribution in [-0.4, -0.2) is 37.2 Å². The molecule has 0 fully saturated rings. The molecule has 2 aromatic carbocycles. The second-order valence-electron chi connectivity index (χ2n) is 7.55. The van der Waals surface area contributed by atoms with Crippen molar-refractivity contribution in [2.45, 2.75) is 20.4 Å². The summed E-state index contributed by atoms with van der Waals surface area (Å²) in [5, 5.41) is 0.600. The fourth-order valence-corrected chi connectivity index (χ4v) is 4.73. The van der Waals surface area contributed by atoms with E-state index in [-0.39, 0.29) is 12.5 Å². The van der Waals surface area contributed by atoms with Crippen LogP contribution in [-0.2, 0) is 6.54 Å². The lowest BCUT2D eigenvalue weighted by molar-refractivity contribution is 0.0984. The topological polar surface area (TPSA) is 73.8 Å². The highest BCUT2D eigenvalue weighted by Crippen LogP contribution is 2.39. The van der Waals surface area contributed by atoms with E-state index in [1.54, 1.807) is 23.2 Å². The Hall–Kier alpha value is -3.65. The van der Waals surface area contributed by atoms with Crippen molar-refractivity contribution in [2.24, 2.45) is 0 Å². The highest BCUT2D eigenvalue weighted by Gasteiger charge is 2.25. The van der Waals surface area contributed by atoms with E-state index in [9.17, 15) is 4.79 Å². The average Bonchev–Trinajstić information content (AvgIpc) is 3.25. The largest absolute Gasteiger partial charge is 0.493 e. The van der Waals surface area contributed by atoms with Gasteiger partial charge in [0.05, 0.1) is 43.8 Å². The summed E-state index contributed by atoms with van der Waals surface area (Å²) in [4.78, 5) is 24.7. The van der Waals surface area contributed by atoms with Gasteiger partial charge in [-0.15, -0.1) is 0 Å². The molecule has 2 aromatic heterocycles. The summed E-state index contributed by atoms with van der Waals surface area (Å²) in [5.74, 6) is 1.01. The summed E-state index contributed by atoms with van der Waals surface area (Å²) >= 11 is 1.49. The van der Waals surface area contributed by atoms with Crippen LogP contribution >= 0.6 is 11.3 Å². The van der Waals surface area contributed by atoms with Gasteiger partial charge >= 0.3 is 0 Å². The fraction of sp³-hybridized carbons (Fsp3) is 0.240. The Morgan fingerprint density at radius 1 is 1.00 bits per heavy atom. The summed E-state index contributed by atoms with van der Waals surface area (Å²) in [6.45, 7) is 4.37. The van der Waals surface area contributed by atoms with E-state index < -0.39 is 0 Å². The van der Waals surface area contributed by atoms with E-state index in [0.29, 0.717) is 27.9 Å². The first-order valence-corrected chi connectivity index (χ1v) is 11.2. The first kappa shape index (κ1) is 22.5. The molecule has 2 heterocycles. The van der Waals surface area contributed by atoms with Crippen LogP contribution in [0.2, 0.25) is 0 Å². The summed E-state index contributed by atoms with van der Waals surface area (Å²) in [5.41, 5.74) is 4.28. The number of hydrogen-bond donors (Lipinski definition) is 0. The molecule has 0 aliphatic rings. The Labute approximate surface area is 196 Å². The number of carbonyl (C=O) groups excluding carboxylic acids is 1. The first-order valence-electron chi connectivity index (χ1n) is 10.3. The van der Waals surface area contributed by atoms with E-state index in [0.717, 1.165) is 27.0 Å². The maximum atomic E-state index is 13.8. The molecule has 0 N–H and O–H groups in total. The molecule has 8 heteroatoms. The fourth-order valence-electron chi connectivity index (χ4n) is 3.72. The van der Waals surface area contributed by atoms with Gasteiger partial charge in [-0.3, -0.25) is 14.7 Å². The highest BCUT2D eigenvalue weighted by atomic mass is 32.1. The van der Waals surface area contributed by atoms with Gasteiger partial charge in [0.1, 0.15) is 0 Å². The van der Waals surface area contributed by atoms with E-state index in [1.807, 2.05) is 31.2 Å². The van der Waals surface area contributed by atoms with Crippen molar-refractivity contribution in [3.63, 3.8) is 0 Å². The first-order chi connectivity index (χ1) is 15.9. The normalized spacial score (nSPS) is 10.8. The van der Waals surface area contributed by atoms with E-state index in [2.05, 4.69) is 18.0 Å². The van der Waals surface area contributed by atoms with Crippen LogP contribution < -0.4 is 19.1 Å². The number of benzene rings is 2. The molecule has 0 bridgehead atoms. The second kappa shape index (κ2) is 9.46. The number of amides is 1. The molecule has 4 aromatic rings. The van der Waals surface area contributed by atoms with Gasteiger partial charge in [0.25, 0.3) is 5.91 Å². The van der Waals surface area contributed by atoms with Crippen LogP contribution in [0.1, 0.15) is 27.2 Å². The SMILES string of the molecule is COc1cc(C(=O)N(Cc2ccccn2)c2nc3cc(C)cc(C)c3s2)cc(OC)c1OC. The molecule has 0 atom stereocenters. The van der Waals surface area contributed by atoms with Crippen molar-refractivity contribution in [1.29, 1.82) is 0 Å². The molecule has 0 saturated carbocycles. The van der Waals surface area contributed by atoms with Crippen LogP contribution in [0.3, 0.4) is 0 Å². The number of thiazole rings is 1. The monoisotopic (exact) mass is 463 g/mol. The van der Waals surface area contributed by atoms with Crippen molar-refractivity contribution in [2.75, 3.05) is 26.2 Å². The van der Waals surface area contributed by atoms with Crippen LogP contribution in [0.5, 0.6) is 17.2 Å². The molecule has 0 unspecified atom stereocenters. The van der Waals surface area contributed by atoms with Gasteiger partial charge in [0, 0.05) is 11.8 Å². The zero-order chi connectivity index (χ0) is 23.5. The second-order valence-corrected chi connectivity index (χ2v) is 8.53. The standard InChI is InChI=1S/C25H25N3O4S/c1-15-10-16(2)23-19(11-15)27-25(33-23)28(14-18-8-6-7-9-26-18)24(29)17-12-20(30-3)22(32-5)21(13-17)31-4/h6-13H,14H2,1-5H3. The van der Waals surface area contributed by atoms with Crippen molar-refractivity contribution < 1.29 is 19.0 Å². The molecular formula is C25H25N3O4S. The van der Waals surface area contributed by atoms with Crippen molar-refractivity contribution in [3.8, 4) is 17.2 Å². The zero-order valence-corrected chi connectivity index (χ0v) is 20.0. The number of fused-ring (bicyclic) bond motifs is 1. The smallest absolute Gasteiger partial charge is 0.260 e. The van der Waals surface area contributed by atoms with Crippen LogP contribution in [0.4, 0.5) is 5.13 Å². The lowest BCUT2D eigenvalue weighted by Crippen LogP contribution is -2.30. The number of anilines is 1. The third kappa shape index (κ3) is 4.47. The summed E-state index contributed by atoms with van der Waals surface area (Å²) in [6, 6.07) is 13.1. The Balaban J connectivity index is 1.83. The molecular weight excluding hydrogens is 438 g/mol. The number of rotatable bonds is 7. The van der Waals surface area contributed by atoms with Crippen molar-refractivity contribution >= 4 is 32.6 Å². The molecule has 4 rings (SSSR count). The maximum Gasteiger partial charge on any atom is 0.260 e. The minimum absolute atomic E-state index is 0.242. The number of ether oxygens (including phenoxy) is 3. The van der Waals surface area contributed by atoms with Gasteiger partial charge < -0.3 is 14.2 Å². The molecule has 0 saturated heterocycles. The minimum atomic E-state index is -0.242. The Morgan fingerprint density at radius 2 is 1.73 bits per heavy atom. The number of hydrogen-bond acceptors (Lipinski definition) is 7. The van der Waals surface area contributed by atoms with Gasteiger partial charge in [0.15, 0.2) is 16.6 Å². The third-order valence-electron chi connectivity index (χ3n) is 5.24. The molecule has 170 valence electrons. The van der Waals surface area contributed by atoms with Crippen LogP contribution in [0.15, 0.2) is 48.7 Å². The minimum Gasteiger partial charge on any atom is -0.493 e. The van der Waals surface area contributed by atoms with Gasteiger partial charge in [-0.05, 0) is 55.3 Å². The lowest BCUT2D eigenvalue weighted by atomic mass is 10.1. The molecule has 0 radical (unpaired) electrons. The number of methoxy groups -OCH3 is 3. The number of aryl methyl sites for hydroxylation is 2. The Bertz CT molecular complexity index is 1280. The molecule has 0 spiro atoms. The molecule has 0 aliphatic heterocycles. The van der Waals surface area contributed by atoms with Gasteiger partial charge in [0.2, 0.25) is 5.75 Å². The van der Waals surface area contributed by atoms with Crippen molar-refractivity contribution in [3.05, 3.63) is 71.0 Å². The number of nitrogens with zero attached hydrogens (tertiary/aromatic N) is 3. The van der Waals surface area contributed by atoms with Crippen molar-refractivity contribution in [1.82, 2.24) is 9.97 Å². The summed E-state index contributed by atoms with van der Waals surface area (Å²) in [7, 11) is 4.58. The van der Waals surface area contributed by atoms with Gasteiger partial charge in [-0.1, -0.05) is 23.5 Å². The quantitative estimate of drug-likeness (QED) is 0.376. The zero-order valence-electron chi connectivity index (χ0n) is 19.2. The number of aromatic nitrogens is 2. The maximum absolute atomic E-state index is 13.8. The van der Waals surface area contributed by atoms with E-state index in [4.69, 9.17) is 19.2 Å². The lowest BCUT2D eigenvalue weighted by Gasteiger charge is -2.21. The van der Waals surface area contributed by atoms with E-state index >= 15 is 0 Å². The van der Waals surface area contributed by atoms with Crippen LogP contribution in [0, 0.1) is 13.8 Å². The summed E-state index contributed by atoms with van der Waals surface area (Å²) < 4.78 is 17.4. The van der Waals surface area contributed by atoms with Gasteiger partial charge in [-0.2, -0.15) is 0 Å². The molecule has 33 heavy (non-hydrogen) atoms. The van der Waals surface area contributed by atoms with E-state index in [1.165, 1.54) is 32.7 Å². The molecule has 0 aliphatic carbocycles. The predicted molar refractivity (Wildman–Crippen MR) is 130 cm³/mol. The summed E-state index contributed by atoms with van der Waals surface area (Å²) in [6.07, 6.45) is 1.71. The Kier molecular flexibility index (Phi) is 6.46. The third-order valence-corrected chi connectivity index (χ3v) is 6.47. The predicted octanol–water partition coefficient (Wildman–Crippen LogP) is 5.18. The molecule has 7 nitrogen and oxygen atoms in total. The van der Waals surface area contributed by atoms with Gasteiger partial charge in [-0.25, -0.2) is 4.98 Å². The molecule has 1 amide bonds. The average molecular weight is 464 g/mol. The van der Waals surface area contributed by atoms with Crippen LogP contribution in [0.25, 0.3) is 10.2 Å². The highest BCUT2D eigenvalue weighted by molar-refractivity contribution is 7.22. The number of carbonyl (C=O) groups is 1. The number of pyridine rings is 1. The Morgan fingerprint density at radius 3 is 2.33 bits per heavy atom.